The smallest absolute Gasteiger partial charge is 0.123 e. The highest BCUT2D eigenvalue weighted by molar-refractivity contribution is 5.24. The molecule has 0 amide bonds. The Balaban J connectivity index is 2.17. The van der Waals surface area contributed by atoms with Gasteiger partial charge in [-0.25, -0.2) is 4.39 Å². The van der Waals surface area contributed by atoms with Crippen molar-refractivity contribution in [1.29, 1.82) is 0 Å². The van der Waals surface area contributed by atoms with E-state index >= 15 is 0 Å². The Morgan fingerprint density at radius 1 is 1.18 bits per heavy atom. The Labute approximate surface area is 100 Å². The minimum Gasteiger partial charge on any atom is -0.330 e. The van der Waals surface area contributed by atoms with Crippen molar-refractivity contribution in [2.24, 2.45) is 5.73 Å². The number of pyridine rings is 1. The summed E-state index contributed by atoms with van der Waals surface area (Å²) in [7, 11) is 0. The first-order valence-electron chi connectivity index (χ1n) is 5.64. The molecule has 0 saturated heterocycles. The van der Waals surface area contributed by atoms with Gasteiger partial charge in [-0.2, -0.15) is 0 Å². The number of hydrogen-bond acceptors (Lipinski definition) is 2. The third-order valence-corrected chi connectivity index (χ3v) is 2.84. The molecule has 2 rings (SSSR count). The molecule has 17 heavy (non-hydrogen) atoms. The van der Waals surface area contributed by atoms with Crippen molar-refractivity contribution < 1.29 is 4.39 Å². The highest BCUT2D eigenvalue weighted by atomic mass is 19.1. The van der Waals surface area contributed by atoms with E-state index in [2.05, 4.69) is 4.98 Å². The Morgan fingerprint density at radius 2 is 1.94 bits per heavy atom. The summed E-state index contributed by atoms with van der Waals surface area (Å²) in [6.07, 6.45) is 4.32. The zero-order valence-electron chi connectivity index (χ0n) is 9.51. The third kappa shape index (κ3) is 3.11. The van der Waals surface area contributed by atoms with Gasteiger partial charge in [0, 0.05) is 18.3 Å². The molecule has 1 unspecified atom stereocenters. The van der Waals surface area contributed by atoms with Crippen molar-refractivity contribution >= 4 is 0 Å². The zero-order valence-corrected chi connectivity index (χ0v) is 9.51. The third-order valence-electron chi connectivity index (χ3n) is 2.84. The predicted molar refractivity (Wildman–Crippen MR) is 66.1 cm³/mol. The molecule has 0 aliphatic rings. The number of nitrogens with zero attached hydrogens (tertiary/aromatic N) is 1. The standard InChI is InChI=1S/C14H15FN2/c15-14-3-1-2-12(9-14)13(10-16)8-11-4-6-17-7-5-11/h1-7,9,13H,8,10,16H2. The molecule has 0 bridgehead atoms. The van der Waals surface area contributed by atoms with Crippen molar-refractivity contribution in [3.8, 4) is 0 Å². The lowest BCUT2D eigenvalue weighted by Crippen LogP contribution is -2.15. The van der Waals surface area contributed by atoms with Crippen LogP contribution in [0.1, 0.15) is 17.0 Å². The van der Waals surface area contributed by atoms with Crippen molar-refractivity contribution in [2.45, 2.75) is 12.3 Å². The Morgan fingerprint density at radius 3 is 2.59 bits per heavy atom. The van der Waals surface area contributed by atoms with E-state index in [1.54, 1.807) is 24.5 Å². The monoisotopic (exact) mass is 230 g/mol. The van der Waals surface area contributed by atoms with Gasteiger partial charge in [0.25, 0.3) is 0 Å². The normalized spacial score (nSPS) is 12.4. The largest absolute Gasteiger partial charge is 0.330 e. The Hall–Kier alpha value is -1.74. The molecule has 88 valence electrons. The molecule has 0 radical (unpaired) electrons. The number of benzene rings is 1. The molecule has 3 heteroatoms. The summed E-state index contributed by atoms with van der Waals surface area (Å²) >= 11 is 0. The fraction of sp³-hybridized carbons (Fsp3) is 0.214. The van der Waals surface area contributed by atoms with Gasteiger partial charge in [-0.1, -0.05) is 12.1 Å². The van der Waals surface area contributed by atoms with Crippen LogP contribution >= 0.6 is 0 Å². The van der Waals surface area contributed by atoms with Gasteiger partial charge < -0.3 is 5.73 Å². The second-order valence-corrected chi connectivity index (χ2v) is 4.05. The van der Waals surface area contributed by atoms with Gasteiger partial charge in [-0.3, -0.25) is 4.98 Å². The highest BCUT2D eigenvalue weighted by Crippen LogP contribution is 2.20. The van der Waals surface area contributed by atoms with E-state index in [-0.39, 0.29) is 11.7 Å². The first kappa shape index (κ1) is 11.7. The molecule has 1 aromatic carbocycles. The minimum atomic E-state index is -0.212. The number of aromatic nitrogens is 1. The molecule has 1 atom stereocenters. The quantitative estimate of drug-likeness (QED) is 0.876. The number of rotatable bonds is 4. The number of nitrogens with two attached hydrogens (primary N) is 1. The van der Waals surface area contributed by atoms with E-state index in [1.807, 2.05) is 18.2 Å². The molecular weight excluding hydrogens is 215 g/mol. The molecule has 0 saturated carbocycles. The molecule has 1 aromatic heterocycles. The van der Waals surface area contributed by atoms with Crippen LogP contribution in [0.25, 0.3) is 0 Å². The first-order valence-corrected chi connectivity index (χ1v) is 5.64. The molecule has 0 spiro atoms. The average molecular weight is 230 g/mol. The van der Waals surface area contributed by atoms with Gasteiger partial charge in [0.2, 0.25) is 0 Å². The molecule has 0 fully saturated rings. The maximum Gasteiger partial charge on any atom is 0.123 e. The molecule has 0 aliphatic carbocycles. The topological polar surface area (TPSA) is 38.9 Å². The lowest BCUT2D eigenvalue weighted by atomic mass is 9.92. The van der Waals surface area contributed by atoms with E-state index < -0.39 is 0 Å². The van der Waals surface area contributed by atoms with Crippen molar-refractivity contribution in [1.82, 2.24) is 4.98 Å². The minimum absolute atomic E-state index is 0.146. The summed E-state index contributed by atoms with van der Waals surface area (Å²) in [6, 6.07) is 10.6. The first-order chi connectivity index (χ1) is 8.29. The number of hydrogen-bond donors (Lipinski definition) is 1. The van der Waals surface area contributed by atoms with Gasteiger partial charge in [0.05, 0.1) is 0 Å². The van der Waals surface area contributed by atoms with Crippen LogP contribution in [0.2, 0.25) is 0 Å². The van der Waals surface area contributed by atoms with Crippen molar-refractivity contribution in [3.05, 3.63) is 65.7 Å². The van der Waals surface area contributed by atoms with Crippen LogP contribution in [0, 0.1) is 5.82 Å². The van der Waals surface area contributed by atoms with E-state index in [0.717, 1.165) is 12.0 Å². The second-order valence-electron chi connectivity index (χ2n) is 4.05. The molecule has 0 aliphatic heterocycles. The van der Waals surface area contributed by atoms with Gasteiger partial charge in [0.1, 0.15) is 5.82 Å². The van der Waals surface area contributed by atoms with Crippen molar-refractivity contribution in [3.63, 3.8) is 0 Å². The highest BCUT2D eigenvalue weighted by Gasteiger charge is 2.11. The lowest BCUT2D eigenvalue weighted by Gasteiger charge is -2.15. The van der Waals surface area contributed by atoms with Crippen LogP contribution in [-0.4, -0.2) is 11.5 Å². The van der Waals surface area contributed by atoms with E-state index in [9.17, 15) is 4.39 Å². The van der Waals surface area contributed by atoms with Crippen LogP contribution in [-0.2, 0) is 6.42 Å². The van der Waals surface area contributed by atoms with Gasteiger partial charge >= 0.3 is 0 Å². The maximum atomic E-state index is 13.2. The van der Waals surface area contributed by atoms with Gasteiger partial charge in [-0.15, -0.1) is 0 Å². The SMILES string of the molecule is NCC(Cc1ccncc1)c1cccc(F)c1. The molecule has 2 N–H and O–H groups in total. The van der Waals surface area contributed by atoms with Gasteiger partial charge in [-0.05, 0) is 48.4 Å². The van der Waals surface area contributed by atoms with Crippen LogP contribution < -0.4 is 5.73 Å². The van der Waals surface area contributed by atoms with Crippen molar-refractivity contribution in [2.75, 3.05) is 6.54 Å². The summed E-state index contributed by atoms with van der Waals surface area (Å²) in [4.78, 5) is 3.97. The van der Waals surface area contributed by atoms with E-state index in [0.29, 0.717) is 6.54 Å². The number of halogens is 1. The lowest BCUT2D eigenvalue weighted by molar-refractivity contribution is 0.616. The van der Waals surface area contributed by atoms with Crippen LogP contribution in [0.3, 0.4) is 0 Å². The van der Waals surface area contributed by atoms with Gasteiger partial charge in [0.15, 0.2) is 0 Å². The summed E-state index contributed by atoms with van der Waals surface area (Å²) in [6.45, 7) is 0.506. The van der Waals surface area contributed by atoms with Crippen LogP contribution in [0.15, 0.2) is 48.8 Å². The molecule has 2 aromatic rings. The Bertz CT molecular complexity index is 471. The molecule has 1 heterocycles. The fourth-order valence-corrected chi connectivity index (χ4v) is 1.90. The van der Waals surface area contributed by atoms with E-state index in [4.69, 9.17) is 5.73 Å². The van der Waals surface area contributed by atoms with Crippen LogP contribution in [0.4, 0.5) is 4.39 Å². The molecular formula is C14H15FN2. The average Bonchev–Trinajstić information content (AvgIpc) is 2.37. The summed E-state index contributed by atoms with van der Waals surface area (Å²) in [5, 5.41) is 0. The second kappa shape index (κ2) is 5.55. The fourth-order valence-electron chi connectivity index (χ4n) is 1.90. The predicted octanol–water partition coefficient (Wildman–Crippen LogP) is 2.51. The summed E-state index contributed by atoms with van der Waals surface area (Å²) in [5.41, 5.74) is 7.88. The zero-order chi connectivity index (χ0) is 12.1. The maximum absolute atomic E-state index is 13.2. The summed E-state index contributed by atoms with van der Waals surface area (Å²) < 4.78 is 13.2. The molecule has 2 nitrogen and oxygen atoms in total. The van der Waals surface area contributed by atoms with Crippen LogP contribution in [0.5, 0.6) is 0 Å². The Kier molecular flexibility index (Phi) is 3.83. The summed E-state index contributed by atoms with van der Waals surface area (Å²) in [5.74, 6) is -0.0659. The van der Waals surface area contributed by atoms with E-state index in [1.165, 1.54) is 11.6 Å².